The van der Waals surface area contributed by atoms with E-state index in [1.165, 1.54) is 13.2 Å². The number of methoxy groups -OCH3 is 1. The van der Waals surface area contributed by atoms with Gasteiger partial charge in [-0.15, -0.1) is 11.3 Å². The van der Waals surface area contributed by atoms with Gasteiger partial charge in [0.15, 0.2) is 11.2 Å². The van der Waals surface area contributed by atoms with Crippen molar-refractivity contribution in [2.24, 2.45) is 0 Å². The van der Waals surface area contributed by atoms with E-state index in [9.17, 15) is 9.59 Å². The highest BCUT2D eigenvalue weighted by atomic mass is 32.1. The van der Waals surface area contributed by atoms with Gasteiger partial charge in [0.25, 0.3) is 0 Å². The molecular formula is C31H24O4S. The third-order valence-corrected chi connectivity index (χ3v) is 6.87. The van der Waals surface area contributed by atoms with Crippen LogP contribution in [0.1, 0.15) is 27.8 Å². The fraction of sp³-hybridized carbons (Fsp3) is 0.0968. The predicted octanol–water partition coefficient (Wildman–Crippen LogP) is 6.89. The molecule has 0 radical (unpaired) electrons. The van der Waals surface area contributed by atoms with Gasteiger partial charge < -0.3 is 9.15 Å². The minimum absolute atomic E-state index is 0.0638. The molecule has 0 saturated heterocycles. The number of ether oxygens (including phenoxy) is 1. The summed E-state index contributed by atoms with van der Waals surface area (Å²) < 4.78 is 11.3. The molecule has 0 fully saturated rings. The molecule has 0 amide bonds. The molecule has 0 unspecified atom stereocenters. The molecule has 0 aliphatic carbocycles. The lowest BCUT2D eigenvalue weighted by Gasteiger charge is -2.13. The molecule has 0 aliphatic heterocycles. The van der Waals surface area contributed by atoms with E-state index in [1.807, 2.05) is 84.2 Å². The van der Waals surface area contributed by atoms with Crippen molar-refractivity contribution in [3.8, 4) is 10.6 Å². The smallest absolute Gasteiger partial charge is 0.330 e. The molecule has 0 bridgehead atoms. The zero-order valence-corrected chi connectivity index (χ0v) is 20.6. The zero-order valence-electron chi connectivity index (χ0n) is 19.8. The minimum atomic E-state index is -0.454. The van der Waals surface area contributed by atoms with Gasteiger partial charge in [-0.1, -0.05) is 66.7 Å². The SMILES string of the molecule is COC(=O)/C=C/c1cc(Cc2ccccc2)c2oc(-c3cccs3)c(Cc3ccccc3)c(=O)c2c1. The number of thiophene rings is 1. The highest BCUT2D eigenvalue weighted by molar-refractivity contribution is 7.13. The van der Waals surface area contributed by atoms with Gasteiger partial charge in [0.05, 0.1) is 17.4 Å². The second-order valence-electron chi connectivity index (χ2n) is 8.45. The van der Waals surface area contributed by atoms with Crippen molar-refractivity contribution < 1.29 is 13.9 Å². The number of hydrogen-bond acceptors (Lipinski definition) is 5. The van der Waals surface area contributed by atoms with Gasteiger partial charge in [-0.2, -0.15) is 0 Å². The minimum Gasteiger partial charge on any atom is -0.466 e. The van der Waals surface area contributed by atoms with E-state index in [0.717, 1.165) is 27.1 Å². The van der Waals surface area contributed by atoms with Crippen LogP contribution in [-0.2, 0) is 22.4 Å². The quantitative estimate of drug-likeness (QED) is 0.183. The van der Waals surface area contributed by atoms with Gasteiger partial charge in [-0.3, -0.25) is 4.79 Å². The summed E-state index contributed by atoms with van der Waals surface area (Å²) >= 11 is 1.55. The normalized spacial score (nSPS) is 11.2. The van der Waals surface area contributed by atoms with Crippen LogP contribution in [0.3, 0.4) is 0 Å². The number of hydrogen-bond donors (Lipinski definition) is 0. The van der Waals surface area contributed by atoms with E-state index in [-0.39, 0.29) is 5.43 Å². The summed E-state index contributed by atoms with van der Waals surface area (Å²) in [6, 6.07) is 27.7. The van der Waals surface area contributed by atoms with E-state index >= 15 is 0 Å². The molecule has 2 aromatic heterocycles. The van der Waals surface area contributed by atoms with Gasteiger partial charge >= 0.3 is 5.97 Å². The lowest BCUT2D eigenvalue weighted by Crippen LogP contribution is -2.13. The van der Waals surface area contributed by atoms with E-state index in [0.29, 0.717) is 35.1 Å². The third kappa shape index (κ3) is 5.07. The first-order chi connectivity index (χ1) is 17.6. The summed E-state index contributed by atoms with van der Waals surface area (Å²) in [6.07, 6.45) is 4.08. The summed E-state index contributed by atoms with van der Waals surface area (Å²) in [5.41, 5.74) is 4.88. The van der Waals surface area contributed by atoms with E-state index in [1.54, 1.807) is 23.5 Å². The maximum absolute atomic E-state index is 14.0. The predicted molar refractivity (Wildman–Crippen MR) is 145 cm³/mol. The number of fused-ring (bicyclic) bond motifs is 1. The fourth-order valence-corrected chi connectivity index (χ4v) is 5.01. The monoisotopic (exact) mass is 492 g/mol. The largest absolute Gasteiger partial charge is 0.466 e. The fourth-order valence-electron chi connectivity index (χ4n) is 4.28. The molecule has 0 atom stereocenters. The van der Waals surface area contributed by atoms with Crippen molar-refractivity contribution in [2.45, 2.75) is 12.8 Å². The average Bonchev–Trinajstić information content (AvgIpc) is 3.45. The second kappa shape index (κ2) is 10.6. The van der Waals surface area contributed by atoms with Crippen molar-refractivity contribution in [2.75, 3.05) is 7.11 Å². The van der Waals surface area contributed by atoms with E-state index in [4.69, 9.17) is 9.15 Å². The lowest BCUT2D eigenvalue weighted by molar-refractivity contribution is -0.134. The van der Waals surface area contributed by atoms with Crippen molar-refractivity contribution in [1.82, 2.24) is 0 Å². The Hall–Kier alpha value is -4.22. The number of esters is 1. The maximum atomic E-state index is 14.0. The van der Waals surface area contributed by atoms with Gasteiger partial charge in [0.1, 0.15) is 5.58 Å². The van der Waals surface area contributed by atoms with Crippen LogP contribution in [0.15, 0.2) is 106 Å². The molecule has 178 valence electrons. The molecule has 0 N–H and O–H groups in total. The van der Waals surface area contributed by atoms with Gasteiger partial charge in [-0.25, -0.2) is 4.79 Å². The average molecular weight is 493 g/mol. The maximum Gasteiger partial charge on any atom is 0.330 e. The summed E-state index contributed by atoms with van der Waals surface area (Å²) in [5.74, 6) is 0.156. The molecule has 0 aliphatic rings. The first-order valence-electron chi connectivity index (χ1n) is 11.6. The summed E-state index contributed by atoms with van der Waals surface area (Å²) in [5, 5.41) is 2.48. The number of rotatable bonds is 7. The van der Waals surface area contributed by atoms with Crippen LogP contribution in [0.4, 0.5) is 0 Å². The number of carbonyl (C=O) groups excluding carboxylic acids is 1. The van der Waals surface area contributed by atoms with Crippen LogP contribution >= 0.6 is 11.3 Å². The molecule has 0 spiro atoms. The highest BCUT2D eigenvalue weighted by Gasteiger charge is 2.20. The molecule has 36 heavy (non-hydrogen) atoms. The molecule has 5 rings (SSSR count). The van der Waals surface area contributed by atoms with Crippen LogP contribution < -0.4 is 5.43 Å². The topological polar surface area (TPSA) is 56.5 Å². The summed E-state index contributed by atoms with van der Waals surface area (Å²) in [6.45, 7) is 0. The molecular weight excluding hydrogens is 468 g/mol. The molecule has 5 heteroatoms. The molecule has 5 aromatic rings. The zero-order chi connectivity index (χ0) is 24.9. The Morgan fingerprint density at radius 2 is 1.61 bits per heavy atom. The Labute approximate surface area is 213 Å². The van der Waals surface area contributed by atoms with E-state index < -0.39 is 5.97 Å². The highest BCUT2D eigenvalue weighted by Crippen LogP contribution is 2.33. The summed E-state index contributed by atoms with van der Waals surface area (Å²) in [7, 11) is 1.34. The Kier molecular flexibility index (Phi) is 6.92. The molecule has 4 nitrogen and oxygen atoms in total. The van der Waals surface area contributed by atoms with Crippen molar-refractivity contribution in [1.29, 1.82) is 0 Å². The lowest BCUT2D eigenvalue weighted by atomic mass is 9.96. The van der Waals surface area contributed by atoms with E-state index in [2.05, 4.69) is 0 Å². The van der Waals surface area contributed by atoms with Crippen molar-refractivity contribution in [3.63, 3.8) is 0 Å². The number of benzene rings is 3. The second-order valence-corrected chi connectivity index (χ2v) is 9.40. The van der Waals surface area contributed by atoms with Crippen LogP contribution in [0.5, 0.6) is 0 Å². The molecule has 0 saturated carbocycles. The Balaban J connectivity index is 1.75. The van der Waals surface area contributed by atoms with Gasteiger partial charge in [0.2, 0.25) is 0 Å². The van der Waals surface area contributed by atoms with Gasteiger partial charge in [0, 0.05) is 30.0 Å². The number of carbonyl (C=O) groups is 1. The van der Waals surface area contributed by atoms with Crippen LogP contribution in [0.2, 0.25) is 0 Å². The first-order valence-corrected chi connectivity index (χ1v) is 12.5. The molecule has 2 heterocycles. The van der Waals surface area contributed by atoms with Crippen molar-refractivity contribution in [3.05, 3.63) is 134 Å². The Morgan fingerprint density at radius 3 is 2.25 bits per heavy atom. The summed E-state index contributed by atoms with van der Waals surface area (Å²) in [4.78, 5) is 26.7. The Morgan fingerprint density at radius 1 is 0.917 bits per heavy atom. The third-order valence-electron chi connectivity index (χ3n) is 6.00. The van der Waals surface area contributed by atoms with Crippen LogP contribution in [0, 0.1) is 0 Å². The van der Waals surface area contributed by atoms with Crippen LogP contribution in [0.25, 0.3) is 27.7 Å². The first kappa shape index (κ1) is 23.5. The van der Waals surface area contributed by atoms with Gasteiger partial charge in [-0.05, 0) is 46.3 Å². The Bertz CT molecular complexity index is 1580. The molecule has 3 aromatic carbocycles. The van der Waals surface area contributed by atoms with Crippen LogP contribution in [-0.4, -0.2) is 13.1 Å². The van der Waals surface area contributed by atoms with Crippen molar-refractivity contribution >= 4 is 34.4 Å². The standard InChI is InChI=1S/C31H24O4S/c1-34-28(32)15-14-23-18-24(17-21-9-4-2-5-10-21)30-25(20-23)29(33)26(19-22-11-6-3-7-12-22)31(35-30)27-13-8-16-36-27/h2-16,18,20H,17,19H2,1H3/b15-14+.